The van der Waals surface area contributed by atoms with Gasteiger partial charge < -0.3 is 5.48 Å². The number of unbranched alkanes of at least 4 members (excludes halogenated alkanes) is 2. The number of nitrogens with two attached hydrogens (primary N) is 1. The molecule has 0 rings (SSSR count). The van der Waals surface area contributed by atoms with Gasteiger partial charge in [-0.3, -0.25) is 11.3 Å². The molecule has 0 spiro atoms. The van der Waals surface area contributed by atoms with Crippen molar-refractivity contribution < 1.29 is 5.48 Å². The van der Waals surface area contributed by atoms with Gasteiger partial charge in [-0.2, -0.15) is 0 Å². The average Bonchev–Trinajstić information content (AvgIpc) is 1.69. The van der Waals surface area contributed by atoms with Gasteiger partial charge in [0, 0.05) is 6.54 Å². The Morgan fingerprint density at radius 2 is 1.70 bits per heavy atom. The van der Waals surface area contributed by atoms with Crippen molar-refractivity contribution in [2.75, 3.05) is 6.54 Å². The van der Waals surface area contributed by atoms with Gasteiger partial charge in [0.1, 0.15) is 0 Å². The number of nitrogens with one attached hydrogen (secondary N) is 1. The molecule has 0 fully saturated rings. The molecule has 0 aliphatic rings. The predicted molar refractivity (Wildman–Crippen MR) is 56.0 cm³/mol. The summed E-state index contributed by atoms with van der Waals surface area (Å²) in [6.45, 7) is 3.13. The fraction of sp³-hybridized carbons (Fsp3) is 1.00. The van der Waals surface area contributed by atoms with Gasteiger partial charge in [-0.05, 0) is 6.42 Å². The Morgan fingerprint density at radius 1 is 1.20 bits per heavy atom. The Hall–Kier alpha value is 0.840. The summed E-state index contributed by atoms with van der Waals surface area (Å²) in [4.78, 5) is 0. The van der Waals surface area contributed by atoms with Crippen molar-refractivity contribution in [3.05, 3.63) is 0 Å². The lowest BCUT2D eigenvalue weighted by Gasteiger charge is -1.93. The first-order valence-electron chi connectivity index (χ1n) is 2.85. The fourth-order valence-electron chi connectivity index (χ4n) is 0.477. The molecule has 0 aromatic heterocycles. The molecule has 0 amide bonds. The third-order valence-corrected chi connectivity index (χ3v) is 0.925. The zero-order valence-corrected chi connectivity index (χ0v) is 9.65. The molecule has 5 N–H and O–H groups in total. The first kappa shape index (κ1) is 22.4. The van der Waals surface area contributed by atoms with Crippen molar-refractivity contribution in [3.63, 3.8) is 0 Å². The van der Waals surface area contributed by atoms with Crippen LogP contribution in [-0.4, -0.2) is 12.0 Å². The van der Waals surface area contributed by atoms with Crippen LogP contribution in [0.25, 0.3) is 0 Å². The summed E-state index contributed by atoms with van der Waals surface area (Å²) < 4.78 is 0. The second-order valence-electron chi connectivity index (χ2n) is 1.66. The van der Waals surface area contributed by atoms with Crippen molar-refractivity contribution in [2.24, 2.45) is 5.84 Å². The van der Waals surface area contributed by atoms with Gasteiger partial charge in [0.05, 0.1) is 0 Å². The molecular formula is C5H18Br2N2O. The van der Waals surface area contributed by atoms with Crippen LogP contribution in [0.3, 0.4) is 0 Å². The standard InChI is InChI=1S/C5H14N2.2BrH.H2O/c1-2-3-4-5-7-6;;;/h7H,2-6H2,1H3;2*1H;1H2. The number of hydrazine groups is 1. The van der Waals surface area contributed by atoms with Gasteiger partial charge >= 0.3 is 0 Å². The predicted octanol–water partition coefficient (Wildman–Crippen LogP) is 0.971. The van der Waals surface area contributed by atoms with E-state index in [2.05, 4.69) is 12.3 Å². The van der Waals surface area contributed by atoms with Gasteiger partial charge in [-0.1, -0.05) is 19.8 Å². The fourth-order valence-corrected chi connectivity index (χ4v) is 0.477. The molecule has 0 atom stereocenters. The lowest BCUT2D eigenvalue weighted by Crippen LogP contribution is -2.22. The average molecular weight is 282 g/mol. The summed E-state index contributed by atoms with van der Waals surface area (Å²) in [5.41, 5.74) is 2.60. The molecule has 0 aromatic rings. The number of hydrogen-bond donors (Lipinski definition) is 2. The Morgan fingerprint density at radius 3 is 2.00 bits per heavy atom. The first-order chi connectivity index (χ1) is 3.41. The van der Waals surface area contributed by atoms with Crippen molar-refractivity contribution >= 4 is 34.0 Å². The minimum absolute atomic E-state index is 0. The van der Waals surface area contributed by atoms with Crippen LogP contribution in [0.15, 0.2) is 0 Å². The van der Waals surface area contributed by atoms with E-state index in [0.717, 1.165) is 6.54 Å². The van der Waals surface area contributed by atoms with Crippen LogP contribution in [0.1, 0.15) is 26.2 Å². The van der Waals surface area contributed by atoms with Gasteiger partial charge in [-0.25, -0.2) is 0 Å². The number of hydrogen-bond acceptors (Lipinski definition) is 2. The molecule has 0 aromatic carbocycles. The molecule has 0 radical (unpaired) electrons. The maximum absolute atomic E-state index is 5.02. The van der Waals surface area contributed by atoms with Crippen molar-refractivity contribution in [1.29, 1.82) is 0 Å². The number of rotatable bonds is 4. The van der Waals surface area contributed by atoms with E-state index in [1.807, 2.05) is 0 Å². The van der Waals surface area contributed by atoms with Crippen LogP contribution in [0.5, 0.6) is 0 Å². The summed E-state index contributed by atoms with van der Waals surface area (Å²) in [7, 11) is 0. The molecule has 5 heteroatoms. The van der Waals surface area contributed by atoms with E-state index in [1.165, 1.54) is 19.3 Å². The van der Waals surface area contributed by atoms with E-state index in [1.54, 1.807) is 0 Å². The molecule has 0 heterocycles. The van der Waals surface area contributed by atoms with Crippen molar-refractivity contribution in [2.45, 2.75) is 26.2 Å². The Balaban J connectivity index is -0.0000000600. The molecule has 10 heavy (non-hydrogen) atoms. The third-order valence-electron chi connectivity index (χ3n) is 0.925. The van der Waals surface area contributed by atoms with Gasteiger partial charge in [0.2, 0.25) is 0 Å². The normalized spacial score (nSPS) is 6.60. The summed E-state index contributed by atoms with van der Waals surface area (Å²) in [6, 6.07) is 0. The van der Waals surface area contributed by atoms with Gasteiger partial charge in [0.15, 0.2) is 0 Å². The van der Waals surface area contributed by atoms with Crippen LogP contribution < -0.4 is 11.3 Å². The summed E-state index contributed by atoms with van der Waals surface area (Å²) >= 11 is 0. The molecule has 0 unspecified atom stereocenters. The van der Waals surface area contributed by atoms with E-state index in [4.69, 9.17) is 5.84 Å². The lowest BCUT2D eigenvalue weighted by molar-refractivity contribution is 0.637. The van der Waals surface area contributed by atoms with E-state index in [0.29, 0.717) is 0 Å². The molecule has 0 aliphatic carbocycles. The van der Waals surface area contributed by atoms with Crippen LogP contribution in [0.2, 0.25) is 0 Å². The van der Waals surface area contributed by atoms with Crippen LogP contribution in [-0.2, 0) is 0 Å². The van der Waals surface area contributed by atoms with E-state index >= 15 is 0 Å². The SMILES string of the molecule is Br.Br.CCCCCNN.O. The van der Waals surface area contributed by atoms with E-state index < -0.39 is 0 Å². The van der Waals surface area contributed by atoms with Crippen molar-refractivity contribution in [1.82, 2.24) is 5.43 Å². The van der Waals surface area contributed by atoms with Crippen LogP contribution >= 0.6 is 34.0 Å². The van der Waals surface area contributed by atoms with E-state index in [9.17, 15) is 0 Å². The van der Waals surface area contributed by atoms with Gasteiger partial charge in [-0.15, -0.1) is 34.0 Å². The van der Waals surface area contributed by atoms with Crippen molar-refractivity contribution in [3.8, 4) is 0 Å². The maximum atomic E-state index is 5.02. The van der Waals surface area contributed by atoms with E-state index in [-0.39, 0.29) is 39.4 Å². The topological polar surface area (TPSA) is 69.5 Å². The molecule has 68 valence electrons. The summed E-state index contributed by atoms with van der Waals surface area (Å²) in [6.07, 6.45) is 3.75. The monoisotopic (exact) mass is 280 g/mol. The molecule has 0 saturated carbocycles. The number of halogens is 2. The molecule has 0 aliphatic heterocycles. The third kappa shape index (κ3) is 23.2. The minimum atomic E-state index is 0. The molecule has 0 bridgehead atoms. The molecular weight excluding hydrogens is 264 g/mol. The molecule has 3 nitrogen and oxygen atoms in total. The Bertz CT molecular complexity index is 36.8. The highest BCUT2D eigenvalue weighted by Crippen LogP contribution is 1.89. The first-order valence-corrected chi connectivity index (χ1v) is 2.85. The smallest absolute Gasteiger partial charge is 0.00974 e. The largest absolute Gasteiger partial charge is 0.412 e. The maximum Gasteiger partial charge on any atom is 0.00974 e. The molecule has 0 saturated heterocycles. The Labute approximate surface area is 83.6 Å². The zero-order valence-electron chi connectivity index (χ0n) is 6.22. The second kappa shape index (κ2) is 22.5. The summed E-state index contributed by atoms with van der Waals surface area (Å²) in [5.74, 6) is 5.02. The highest BCUT2D eigenvalue weighted by molar-refractivity contribution is 8.93. The highest BCUT2D eigenvalue weighted by Gasteiger charge is 1.79. The second-order valence-corrected chi connectivity index (χ2v) is 1.66. The van der Waals surface area contributed by atoms with Crippen LogP contribution in [0.4, 0.5) is 0 Å². The minimum Gasteiger partial charge on any atom is -0.412 e. The van der Waals surface area contributed by atoms with Crippen LogP contribution in [0, 0.1) is 0 Å². The zero-order chi connectivity index (χ0) is 5.54. The van der Waals surface area contributed by atoms with Gasteiger partial charge in [0.25, 0.3) is 0 Å². The quantitative estimate of drug-likeness (QED) is 0.458. The highest BCUT2D eigenvalue weighted by atomic mass is 79.9. The summed E-state index contributed by atoms with van der Waals surface area (Å²) in [5, 5.41) is 0. The lowest BCUT2D eigenvalue weighted by atomic mass is 10.3. The Kier molecular flexibility index (Phi) is 50.6.